The summed E-state index contributed by atoms with van der Waals surface area (Å²) < 4.78 is 9.84. The van der Waals surface area contributed by atoms with Gasteiger partial charge in [-0.1, -0.05) is 0 Å². The van der Waals surface area contributed by atoms with Gasteiger partial charge in [0.1, 0.15) is 0 Å². The maximum absolute atomic E-state index is 13.5. The van der Waals surface area contributed by atoms with Crippen LogP contribution in [-0.4, -0.2) is 38.9 Å². The van der Waals surface area contributed by atoms with Crippen LogP contribution in [0.1, 0.15) is 69.7 Å². The van der Waals surface area contributed by atoms with Gasteiger partial charge in [0.05, 0.1) is 0 Å². The number of nitrogens with zero attached hydrogens (tertiary/aromatic N) is 3. The van der Waals surface area contributed by atoms with Crippen molar-refractivity contribution < 1.29 is 7.87 Å². The molecule has 5 nitrogen and oxygen atoms in total. The first-order valence-corrected chi connectivity index (χ1v) is 20.2. The standard InChI is InChI=1S/C15H14ClN3O2.3C4H9.Sn/c1-19(2)10-7-8-14(12(16)9-10)18-17-13-6-4-3-5-11(13)15(20)21;3*1-3-4-2;/h3-9H,1-2H3,(H,20,21);3*1,3-4H2,2H3;/q;;;;+1/p-1. The number of rotatable bonds is 14. The molecule has 0 radical (unpaired) electrons. The molecule has 0 aliphatic carbocycles. The molecular formula is C27H40ClN3O2Sn. The molecule has 0 fully saturated rings. The van der Waals surface area contributed by atoms with Gasteiger partial charge in [-0.15, -0.1) is 0 Å². The molecule has 0 saturated heterocycles. The molecule has 34 heavy (non-hydrogen) atoms. The Kier molecular flexibility index (Phi) is 12.4. The molecule has 0 amide bonds. The Hall–Kier alpha value is -1.60. The Balaban J connectivity index is 2.31. The van der Waals surface area contributed by atoms with E-state index in [1.807, 2.05) is 55.4 Å². The quantitative estimate of drug-likeness (QED) is 0.162. The van der Waals surface area contributed by atoms with Crippen LogP contribution in [0.3, 0.4) is 0 Å². The van der Waals surface area contributed by atoms with Gasteiger partial charge in [0.25, 0.3) is 0 Å². The molecule has 0 aliphatic heterocycles. The van der Waals surface area contributed by atoms with Gasteiger partial charge in [-0.2, -0.15) is 0 Å². The topological polar surface area (TPSA) is 54.3 Å². The molecule has 0 N–H and O–H groups in total. The molecule has 0 atom stereocenters. The first-order chi connectivity index (χ1) is 16.4. The summed E-state index contributed by atoms with van der Waals surface area (Å²) in [5, 5.41) is 9.27. The second-order valence-corrected chi connectivity index (χ2v) is 21.2. The molecule has 2 aromatic carbocycles. The minimum atomic E-state index is -3.09. The maximum atomic E-state index is 13.5. The molecule has 0 spiro atoms. The van der Waals surface area contributed by atoms with Crippen LogP contribution in [-0.2, 0) is 3.07 Å². The van der Waals surface area contributed by atoms with Gasteiger partial charge in [0, 0.05) is 0 Å². The molecule has 0 heterocycles. The van der Waals surface area contributed by atoms with Crippen LogP contribution >= 0.6 is 11.6 Å². The van der Waals surface area contributed by atoms with Gasteiger partial charge in [-0.25, -0.2) is 0 Å². The molecule has 7 heteroatoms. The summed E-state index contributed by atoms with van der Waals surface area (Å²) in [6.07, 6.45) is 6.81. The van der Waals surface area contributed by atoms with E-state index in [1.165, 1.54) is 0 Å². The normalized spacial score (nSPS) is 11.7. The third-order valence-electron chi connectivity index (χ3n) is 6.10. The summed E-state index contributed by atoms with van der Waals surface area (Å²) in [5.41, 5.74) is 2.56. The molecule has 2 aromatic rings. The van der Waals surface area contributed by atoms with E-state index in [0.717, 1.165) is 57.5 Å². The van der Waals surface area contributed by atoms with E-state index < -0.39 is 18.8 Å². The number of halogens is 1. The summed E-state index contributed by atoms with van der Waals surface area (Å²) in [7, 11) is 3.92. The monoisotopic (exact) mass is 593 g/mol. The van der Waals surface area contributed by atoms with Gasteiger partial charge >= 0.3 is 216 Å². The van der Waals surface area contributed by atoms with Crippen molar-refractivity contribution in [2.75, 3.05) is 19.0 Å². The molecule has 186 valence electrons. The van der Waals surface area contributed by atoms with Gasteiger partial charge in [0.2, 0.25) is 0 Å². The molecular weight excluding hydrogens is 552 g/mol. The van der Waals surface area contributed by atoms with Crippen LogP contribution in [0.5, 0.6) is 0 Å². The Morgan fingerprint density at radius 1 is 0.882 bits per heavy atom. The van der Waals surface area contributed by atoms with Gasteiger partial charge in [-0.3, -0.25) is 0 Å². The zero-order valence-corrected chi connectivity index (χ0v) is 25.1. The summed E-state index contributed by atoms with van der Waals surface area (Å²) in [6.45, 7) is 6.64. The van der Waals surface area contributed by atoms with E-state index in [-0.39, 0.29) is 5.97 Å². The molecule has 2 rings (SSSR count). The minimum absolute atomic E-state index is 0.234. The number of hydrogen-bond acceptors (Lipinski definition) is 5. The number of benzene rings is 2. The summed E-state index contributed by atoms with van der Waals surface area (Å²) in [4.78, 5) is 15.4. The van der Waals surface area contributed by atoms with Gasteiger partial charge < -0.3 is 0 Å². The van der Waals surface area contributed by atoms with Crippen LogP contribution in [0.25, 0.3) is 0 Å². The second-order valence-electron chi connectivity index (χ2n) is 9.13. The number of anilines is 1. The van der Waals surface area contributed by atoms with Gasteiger partial charge in [0.15, 0.2) is 0 Å². The molecule has 0 saturated carbocycles. The average molecular weight is 593 g/mol. The van der Waals surface area contributed by atoms with Crippen molar-refractivity contribution in [3.05, 3.63) is 53.1 Å². The van der Waals surface area contributed by atoms with Crippen LogP contribution < -0.4 is 4.90 Å². The SMILES string of the molecule is CCC[CH2][Sn]([CH2]CCC)([CH2]CCC)[O]C(=O)c1ccccc1N=Nc1ccc(N(C)C)cc1Cl. The Morgan fingerprint density at radius 3 is 1.97 bits per heavy atom. The first kappa shape index (κ1) is 28.6. The van der Waals surface area contributed by atoms with E-state index in [2.05, 4.69) is 31.0 Å². The van der Waals surface area contributed by atoms with E-state index in [4.69, 9.17) is 14.7 Å². The molecule has 0 bridgehead atoms. The fourth-order valence-electron chi connectivity index (χ4n) is 3.97. The number of azo groups is 1. The van der Waals surface area contributed by atoms with Gasteiger partial charge in [-0.05, 0) is 0 Å². The summed E-state index contributed by atoms with van der Waals surface area (Å²) in [6, 6.07) is 13.0. The van der Waals surface area contributed by atoms with E-state index in [1.54, 1.807) is 6.07 Å². The Bertz CT molecular complexity index is 927. The second kappa shape index (κ2) is 14.7. The van der Waals surface area contributed by atoms with Crippen molar-refractivity contribution in [2.24, 2.45) is 10.2 Å². The van der Waals surface area contributed by atoms with Crippen molar-refractivity contribution in [1.29, 1.82) is 0 Å². The summed E-state index contributed by atoms with van der Waals surface area (Å²) in [5.74, 6) is -0.234. The average Bonchev–Trinajstić information content (AvgIpc) is 2.84. The van der Waals surface area contributed by atoms with Crippen molar-refractivity contribution in [2.45, 2.75) is 72.6 Å². The molecule has 0 aliphatic rings. The molecule has 0 unspecified atom stereocenters. The van der Waals surface area contributed by atoms with Crippen molar-refractivity contribution in [1.82, 2.24) is 0 Å². The summed E-state index contributed by atoms with van der Waals surface area (Å²) >= 11 is 3.32. The van der Waals surface area contributed by atoms with E-state index in [0.29, 0.717) is 22.0 Å². The van der Waals surface area contributed by atoms with Crippen molar-refractivity contribution in [3.63, 3.8) is 0 Å². The molecule has 0 aromatic heterocycles. The van der Waals surface area contributed by atoms with E-state index >= 15 is 0 Å². The van der Waals surface area contributed by atoms with E-state index in [9.17, 15) is 4.79 Å². The van der Waals surface area contributed by atoms with Crippen LogP contribution in [0.4, 0.5) is 17.1 Å². The number of hydrogen-bond donors (Lipinski definition) is 0. The fourth-order valence-corrected chi connectivity index (χ4v) is 17.2. The first-order valence-electron chi connectivity index (χ1n) is 12.6. The predicted molar refractivity (Wildman–Crippen MR) is 147 cm³/mol. The number of carbonyl (C=O) groups excluding carboxylic acids is 1. The third-order valence-corrected chi connectivity index (χ3v) is 19.0. The van der Waals surface area contributed by atoms with Crippen LogP contribution in [0.2, 0.25) is 18.3 Å². The Morgan fingerprint density at radius 2 is 1.44 bits per heavy atom. The van der Waals surface area contributed by atoms with Crippen LogP contribution in [0.15, 0.2) is 52.7 Å². The van der Waals surface area contributed by atoms with Crippen molar-refractivity contribution >= 4 is 53.4 Å². The number of carbonyl (C=O) groups is 1. The number of unbranched alkanes of at least 4 members (excludes halogenated alkanes) is 3. The van der Waals surface area contributed by atoms with Crippen LogP contribution in [0, 0.1) is 0 Å². The zero-order chi connectivity index (χ0) is 25.0. The third kappa shape index (κ3) is 8.56. The van der Waals surface area contributed by atoms with Crippen molar-refractivity contribution in [3.8, 4) is 0 Å². The predicted octanol–water partition coefficient (Wildman–Crippen LogP) is 9.32. The Labute approximate surface area is 215 Å². The fraction of sp³-hybridized carbons (Fsp3) is 0.519. The zero-order valence-electron chi connectivity index (χ0n) is 21.4.